The number of fused-ring (bicyclic) bond motifs is 1. The molecule has 2 aromatic rings. The van der Waals surface area contributed by atoms with E-state index in [2.05, 4.69) is 4.98 Å². The first-order chi connectivity index (χ1) is 9.25. The minimum atomic E-state index is -0.655. The van der Waals surface area contributed by atoms with E-state index in [0.717, 1.165) is 19.3 Å². The van der Waals surface area contributed by atoms with Crippen LogP contribution in [-0.4, -0.2) is 34.7 Å². The van der Waals surface area contributed by atoms with Crippen molar-refractivity contribution in [1.29, 1.82) is 0 Å². The molecule has 0 bridgehead atoms. The number of aromatic nitrogens is 1. The largest absolute Gasteiger partial charge is 0.433 e. The van der Waals surface area contributed by atoms with E-state index >= 15 is 0 Å². The van der Waals surface area contributed by atoms with Crippen LogP contribution >= 0.6 is 0 Å². The molecule has 5 heteroatoms. The highest BCUT2D eigenvalue weighted by Crippen LogP contribution is 2.16. The minimum absolute atomic E-state index is 0.114. The molecule has 3 rings (SSSR count). The van der Waals surface area contributed by atoms with Crippen molar-refractivity contribution in [3.05, 3.63) is 30.2 Å². The van der Waals surface area contributed by atoms with E-state index in [0.29, 0.717) is 24.2 Å². The van der Waals surface area contributed by atoms with E-state index in [1.54, 1.807) is 23.1 Å². The van der Waals surface area contributed by atoms with Crippen LogP contribution in [0.1, 0.15) is 29.9 Å². The molecule has 1 aromatic carbocycles. The van der Waals surface area contributed by atoms with Gasteiger partial charge in [0.2, 0.25) is 0 Å². The summed E-state index contributed by atoms with van der Waals surface area (Å²) in [6, 6.07) is 7.09. The maximum absolute atomic E-state index is 12.1. The fraction of sp³-hybridized carbons (Fsp3) is 0.357. The molecule has 0 radical (unpaired) electrons. The van der Waals surface area contributed by atoms with Gasteiger partial charge in [0.25, 0.3) is 11.8 Å². The third-order valence-electron chi connectivity index (χ3n) is 3.33. The fourth-order valence-corrected chi connectivity index (χ4v) is 2.30. The molecule has 1 fully saturated rings. The van der Waals surface area contributed by atoms with Gasteiger partial charge in [-0.25, -0.2) is 4.98 Å². The van der Waals surface area contributed by atoms with Crippen LogP contribution < -0.4 is 0 Å². The molecule has 5 nitrogen and oxygen atoms in total. The number of nitrogens with zero attached hydrogens (tertiary/aromatic N) is 2. The lowest BCUT2D eigenvalue weighted by atomic mass is 10.1. The fourth-order valence-electron chi connectivity index (χ4n) is 2.30. The highest BCUT2D eigenvalue weighted by atomic mass is 16.4. The number of carbonyl (C=O) groups is 2. The number of ketones is 1. The number of hydrogen-bond acceptors (Lipinski definition) is 4. The molecule has 2 heterocycles. The number of benzene rings is 1. The molecule has 0 unspecified atom stereocenters. The molecule has 1 saturated heterocycles. The number of piperidine rings is 1. The summed E-state index contributed by atoms with van der Waals surface area (Å²) < 4.78 is 5.33. The first-order valence-electron chi connectivity index (χ1n) is 6.45. The van der Waals surface area contributed by atoms with Crippen molar-refractivity contribution in [2.75, 3.05) is 13.1 Å². The van der Waals surface area contributed by atoms with Crippen molar-refractivity contribution in [3.8, 4) is 0 Å². The first-order valence-corrected chi connectivity index (χ1v) is 6.45. The van der Waals surface area contributed by atoms with Crippen LogP contribution in [0.3, 0.4) is 0 Å². The second-order valence-corrected chi connectivity index (χ2v) is 4.67. The van der Waals surface area contributed by atoms with E-state index in [1.165, 1.54) is 0 Å². The highest BCUT2D eigenvalue weighted by molar-refractivity contribution is 6.41. The summed E-state index contributed by atoms with van der Waals surface area (Å²) in [4.78, 5) is 29.8. The minimum Gasteiger partial charge on any atom is -0.433 e. The number of hydrogen-bond donors (Lipinski definition) is 0. The summed E-state index contributed by atoms with van der Waals surface area (Å²) in [5.74, 6) is -1.28. The van der Waals surface area contributed by atoms with E-state index in [9.17, 15) is 9.59 Å². The standard InChI is InChI=1S/C14H14N2O3/c17-12(14(18)16-8-4-1-5-9-16)13-15-10-6-2-3-7-11(10)19-13/h2-3,6-7H,1,4-5,8-9H2. The average molecular weight is 258 g/mol. The maximum atomic E-state index is 12.1. The number of para-hydroxylation sites is 2. The summed E-state index contributed by atoms with van der Waals surface area (Å²) in [7, 11) is 0. The molecule has 1 aliphatic rings. The lowest BCUT2D eigenvalue weighted by Gasteiger charge is -2.25. The molecular formula is C14H14N2O3. The summed E-state index contributed by atoms with van der Waals surface area (Å²) in [6.45, 7) is 1.29. The Kier molecular flexibility index (Phi) is 3.03. The Hall–Kier alpha value is -2.17. The van der Waals surface area contributed by atoms with Gasteiger partial charge in [-0.3, -0.25) is 9.59 Å². The van der Waals surface area contributed by atoms with Gasteiger partial charge in [0, 0.05) is 13.1 Å². The van der Waals surface area contributed by atoms with Crippen LogP contribution in [0.2, 0.25) is 0 Å². The Labute approximate surface area is 110 Å². The Balaban J connectivity index is 1.84. The van der Waals surface area contributed by atoms with Crippen LogP contribution in [0.4, 0.5) is 0 Å². The highest BCUT2D eigenvalue weighted by Gasteiger charge is 2.28. The lowest BCUT2D eigenvalue weighted by Crippen LogP contribution is -2.40. The maximum Gasteiger partial charge on any atom is 0.305 e. The van der Waals surface area contributed by atoms with Crippen LogP contribution in [0, 0.1) is 0 Å². The van der Waals surface area contributed by atoms with Gasteiger partial charge in [-0.2, -0.15) is 0 Å². The zero-order valence-corrected chi connectivity index (χ0v) is 10.5. The molecule has 1 aliphatic heterocycles. The molecule has 19 heavy (non-hydrogen) atoms. The van der Waals surface area contributed by atoms with Crippen molar-refractivity contribution in [2.45, 2.75) is 19.3 Å². The summed E-state index contributed by atoms with van der Waals surface area (Å²) in [5.41, 5.74) is 1.12. The van der Waals surface area contributed by atoms with E-state index in [4.69, 9.17) is 4.42 Å². The molecule has 0 spiro atoms. The normalized spacial score (nSPS) is 15.7. The Morgan fingerprint density at radius 3 is 2.58 bits per heavy atom. The number of Topliss-reactive ketones (excluding diaryl/α,β-unsaturated/α-hetero) is 1. The molecule has 0 aliphatic carbocycles. The van der Waals surface area contributed by atoms with Crippen LogP contribution in [0.25, 0.3) is 11.1 Å². The van der Waals surface area contributed by atoms with Gasteiger partial charge in [-0.15, -0.1) is 0 Å². The van der Waals surface area contributed by atoms with Crippen molar-refractivity contribution < 1.29 is 14.0 Å². The Bertz CT molecular complexity index is 593. The second-order valence-electron chi connectivity index (χ2n) is 4.67. The molecular weight excluding hydrogens is 244 g/mol. The van der Waals surface area contributed by atoms with Crippen LogP contribution in [0.5, 0.6) is 0 Å². The monoisotopic (exact) mass is 258 g/mol. The predicted octanol–water partition coefficient (Wildman–Crippen LogP) is 2.02. The molecule has 0 saturated carbocycles. The van der Waals surface area contributed by atoms with Gasteiger partial charge in [0.15, 0.2) is 5.58 Å². The number of amides is 1. The average Bonchev–Trinajstić information content (AvgIpc) is 2.90. The molecule has 0 atom stereocenters. The molecule has 1 aromatic heterocycles. The first kappa shape index (κ1) is 11.9. The van der Waals surface area contributed by atoms with Gasteiger partial charge in [0.1, 0.15) is 5.52 Å². The van der Waals surface area contributed by atoms with E-state index in [1.807, 2.05) is 6.07 Å². The number of carbonyl (C=O) groups excluding carboxylic acids is 2. The number of rotatable bonds is 2. The van der Waals surface area contributed by atoms with Crippen molar-refractivity contribution in [1.82, 2.24) is 9.88 Å². The zero-order valence-electron chi connectivity index (χ0n) is 10.5. The predicted molar refractivity (Wildman–Crippen MR) is 68.8 cm³/mol. The van der Waals surface area contributed by atoms with Gasteiger partial charge in [-0.1, -0.05) is 12.1 Å². The summed E-state index contributed by atoms with van der Waals surface area (Å²) in [6.07, 6.45) is 3.01. The number of likely N-dealkylation sites (tertiary alicyclic amines) is 1. The molecule has 0 N–H and O–H groups in total. The quantitative estimate of drug-likeness (QED) is 0.610. The van der Waals surface area contributed by atoms with E-state index < -0.39 is 11.7 Å². The Morgan fingerprint density at radius 2 is 1.84 bits per heavy atom. The summed E-state index contributed by atoms with van der Waals surface area (Å²) in [5, 5.41) is 0. The van der Waals surface area contributed by atoms with Crippen molar-refractivity contribution in [2.24, 2.45) is 0 Å². The molecule has 98 valence electrons. The third-order valence-corrected chi connectivity index (χ3v) is 3.33. The topological polar surface area (TPSA) is 63.4 Å². The second kappa shape index (κ2) is 4.84. The van der Waals surface area contributed by atoms with Crippen molar-refractivity contribution in [3.63, 3.8) is 0 Å². The number of oxazole rings is 1. The van der Waals surface area contributed by atoms with Gasteiger partial charge >= 0.3 is 5.78 Å². The van der Waals surface area contributed by atoms with Crippen molar-refractivity contribution >= 4 is 22.8 Å². The smallest absolute Gasteiger partial charge is 0.305 e. The lowest BCUT2D eigenvalue weighted by molar-refractivity contribution is -0.127. The summed E-state index contributed by atoms with van der Waals surface area (Å²) >= 11 is 0. The molecule has 1 amide bonds. The zero-order chi connectivity index (χ0) is 13.2. The van der Waals surface area contributed by atoms with E-state index in [-0.39, 0.29) is 5.89 Å². The SMILES string of the molecule is O=C(C(=O)N1CCCCC1)c1nc2ccccc2o1. The third kappa shape index (κ3) is 2.23. The van der Waals surface area contributed by atoms with Gasteiger partial charge in [0.05, 0.1) is 0 Å². The van der Waals surface area contributed by atoms with Crippen LogP contribution in [-0.2, 0) is 4.79 Å². The van der Waals surface area contributed by atoms with Gasteiger partial charge in [-0.05, 0) is 31.4 Å². The Morgan fingerprint density at radius 1 is 1.11 bits per heavy atom. The van der Waals surface area contributed by atoms with Crippen LogP contribution in [0.15, 0.2) is 28.7 Å². The van der Waals surface area contributed by atoms with Gasteiger partial charge < -0.3 is 9.32 Å².